The van der Waals surface area contributed by atoms with E-state index in [-0.39, 0.29) is 0 Å². The number of rotatable bonds is 4. The Hall–Kier alpha value is -1.54. The first kappa shape index (κ1) is 12.5. The van der Waals surface area contributed by atoms with E-state index < -0.39 is 0 Å². The summed E-state index contributed by atoms with van der Waals surface area (Å²) in [5.74, 6) is 0.795. The number of benzene rings is 1. The van der Waals surface area contributed by atoms with Crippen LogP contribution >= 0.6 is 11.6 Å². The highest BCUT2D eigenvalue weighted by atomic mass is 35.5. The Labute approximate surface area is 118 Å². The van der Waals surface area contributed by atoms with Gasteiger partial charge in [0.25, 0.3) is 0 Å². The van der Waals surface area contributed by atoms with Gasteiger partial charge in [0.2, 0.25) is 0 Å². The topological polar surface area (TPSA) is 24.9 Å². The van der Waals surface area contributed by atoms with Gasteiger partial charge in [-0.25, -0.2) is 0 Å². The number of halogens is 1. The number of hydrogen-bond acceptors (Lipinski definition) is 2. The number of nitrogens with zero attached hydrogens (tertiary/aromatic N) is 1. The van der Waals surface area contributed by atoms with E-state index in [0.717, 1.165) is 23.7 Å². The van der Waals surface area contributed by atoms with E-state index in [2.05, 4.69) is 34.6 Å². The van der Waals surface area contributed by atoms with Gasteiger partial charge in [-0.1, -0.05) is 30.2 Å². The van der Waals surface area contributed by atoms with E-state index in [1.54, 1.807) is 12.4 Å². The summed E-state index contributed by atoms with van der Waals surface area (Å²) >= 11 is 6.08. The van der Waals surface area contributed by atoms with E-state index in [4.69, 9.17) is 11.6 Å². The number of nitrogens with one attached hydrogen (secondary N) is 1. The molecule has 1 saturated carbocycles. The first-order chi connectivity index (χ1) is 9.33. The standard InChI is InChI=1S/C16H17ClN2/c17-16-11-18-9-8-14(16)10-19-15-6-4-13(5-7-15)12-2-1-3-12/h4-9,11-12,19H,1-3,10H2. The van der Waals surface area contributed by atoms with Crippen LogP contribution in [0.2, 0.25) is 5.02 Å². The number of hydrogen-bond donors (Lipinski definition) is 1. The van der Waals surface area contributed by atoms with Crippen LogP contribution in [0, 0.1) is 0 Å². The summed E-state index contributed by atoms with van der Waals surface area (Å²) in [4.78, 5) is 3.99. The van der Waals surface area contributed by atoms with Crippen molar-refractivity contribution in [3.63, 3.8) is 0 Å². The van der Waals surface area contributed by atoms with E-state index in [1.165, 1.54) is 24.8 Å². The normalized spacial score (nSPS) is 15.0. The van der Waals surface area contributed by atoms with Gasteiger partial charge in [0.05, 0.1) is 5.02 Å². The highest BCUT2D eigenvalue weighted by Gasteiger charge is 2.18. The molecule has 1 N–H and O–H groups in total. The second-order valence-corrected chi connectivity index (χ2v) is 5.48. The molecule has 19 heavy (non-hydrogen) atoms. The Balaban J connectivity index is 1.62. The molecule has 0 unspecified atom stereocenters. The molecule has 0 amide bonds. The Bertz CT molecular complexity index is 547. The van der Waals surface area contributed by atoms with Crippen molar-refractivity contribution in [3.05, 3.63) is 58.9 Å². The van der Waals surface area contributed by atoms with Crippen molar-refractivity contribution in [2.75, 3.05) is 5.32 Å². The Morgan fingerprint density at radius 1 is 1.16 bits per heavy atom. The molecular formula is C16H17ClN2. The highest BCUT2D eigenvalue weighted by Crippen LogP contribution is 2.36. The van der Waals surface area contributed by atoms with Crippen LogP contribution in [0.25, 0.3) is 0 Å². The lowest BCUT2D eigenvalue weighted by Gasteiger charge is -2.25. The molecule has 1 heterocycles. The maximum Gasteiger partial charge on any atom is 0.0639 e. The molecule has 98 valence electrons. The minimum absolute atomic E-state index is 0.709. The molecule has 0 atom stereocenters. The third-order valence-electron chi connectivity index (χ3n) is 3.83. The van der Waals surface area contributed by atoms with Crippen LogP contribution in [0.5, 0.6) is 0 Å². The Morgan fingerprint density at radius 2 is 1.95 bits per heavy atom. The molecule has 0 saturated heterocycles. The summed E-state index contributed by atoms with van der Waals surface area (Å²) in [6.07, 6.45) is 7.52. The summed E-state index contributed by atoms with van der Waals surface area (Å²) in [5.41, 5.74) is 3.68. The van der Waals surface area contributed by atoms with Gasteiger partial charge in [-0.3, -0.25) is 4.98 Å². The van der Waals surface area contributed by atoms with Gasteiger partial charge in [-0.15, -0.1) is 0 Å². The quantitative estimate of drug-likeness (QED) is 0.879. The van der Waals surface area contributed by atoms with Crippen LogP contribution in [0.15, 0.2) is 42.7 Å². The lowest BCUT2D eigenvalue weighted by molar-refractivity contribution is 0.420. The predicted molar refractivity (Wildman–Crippen MR) is 79.6 cm³/mol. The van der Waals surface area contributed by atoms with E-state index >= 15 is 0 Å². The average molecular weight is 273 g/mol. The van der Waals surface area contributed by atoms with Crippen molar-refractivity contribution >= 4 is 17.3 Å². The van der Waals surface area contributed by atoms with Gasteiger partial charge >= 0.3 is 0 Å². The summed E-state index contributed by atoms with van der Waals surface area (Å²) in [5, 5.41) is 4.10. The SMILES string of the molecule is Clc1cnccc1CNc1ccc(C2CCC2)cc1. The molecule has 3 rings (SSSR count). The van der Waals surface area contributed by atoms with Crippen molar-refractivity contribution in [1.29, 1.82) is 0 Å². The predicted octanol–water partition coefficient (Wildman–Crippen LogP) is 4.61. The third kappa shape index (κ3) is 2.90. The van der Waals surface area contributed by atoms with Crippen LogP contribution in [-0.4, -0.2) is 4.98 Å². The molecule has 1 aromatic carbocycles. The number of aromatic nitrogens is 1. The monoisotopic (exact) mass is 272 g/mol. The molecule has 1 aliphatic rings. The van der Waals surface area contributed by atoms with Gasteiger partial charge in [-0.05, 0) is 48.1 Å². The fourth-order valence-corrected chi connectivity index (χ4v) is 2.55. The first-order valence-electron chi connectivity index (χ1n) is 6.75. The zero-order valence-electron chi connectivity index (χ0n) is 10.8. The lowest BCUT2D eigenvalue weighted by Crippen LogP contribution is -2.08. The summed E-state index contributed by atoms with van der Waals surface area (Å²) in [6.45, 7) is 0.726. The van der Waals surface area contributed by atoms with Crippen molar-refractivity contribution < 1.29 is 0 Å². The van der Waals surface area contributed by atoms with Crippen LogP contribution in [-0.2, 0) is 6.54 Å². The molecule has 0 aliphatic heterocycles. The minimum atomic E-state index is 0.709. The van der Waals surface area contributed by atoms with Crippen molar-refractivity contribution in [1.82, 2.24) is 4.98 Å². The molecule has 3 heteroatoms. The molecule has 1 fully saturated rings. The van der Waals surface area contributed by atoms with Gasteiger partial charge in [0.15, 0.2) is 0 Å². The zero-order valence-corrected chi connectivity index (χ0v) is 11.5. The molecule has 2 nitrogen and oxygen atoms in total. The third-order valence-corrected chi connectivity index (χ3v) is 4.17. The number of anilines is 1. The average Bonchev–Trinajstić information content (AvgIpc) is 2.37. The van der Waals surface area contributed by atoms with E-state index in [1.807, 2.05) is 6.07 Å². The van der Waals surface area contributed by atoms with Crippen LogP contribution < -0.4 is 5.32 Å². The number of pyridine rings is 1. The van der Waals surface area contributed by atoms with Gasteiger partial charge in [0.1, 0.15) is 0 Å². The second kappa shape index (κ2) is 5.62. The smallest absolute Gasteiger partial charge is 0.0639 e. The summed E-state index contributed by atoms with van der Waals surface area (Å²) < 4.78 is 0. The largest absolute Gasteiger partial charge is 0.381 e. The fourth-order valence-electron chi connectivity index (χ4n) is 2.36. The van der Waals surface area contributed by atoms with Gasteiger partial charge in [-0.2, -0.15) is 0 Å². The van der Waals surface area contributed by atoms with Gasteiger partial charge in [0, 0.05) is 24.6 Å². The fraction of sp³-hybridized carbons (Fsp3) is 0.312. The summed E-state index contributed by atoms with van der Waals surface area (Å²) in [6, 6.07) is 10.7. The minimum Gasteiger partial charge on any atom is -0.381 e. The second-order valence-electron chi connectivity index (χ2n) is 5.07. The first-order valence-corrected chi connectivity index (χ1v) is 7.13. The lowest BCUT2D eigenvalue weighted by atomic mass is 9.80. The Kier molecular flexibility index (Phi) is 3.69. The van der Waals surface area contributed by atoms with E-state index in [0.29, 0.717) is 5.02 Å². The van der Waals surface area contributed by atoms with Gasteiger partial charge < -0.3 is 5.32 Å². The molecule has 1 aromatic heterocycles. The molecular weight excluding hydrogens is 256 g/mol. The van der Waals surface area contributed by atoms with Crippen molar-refractivity contribution in [2.24, 2.45) is 0 Å². The Morgan fingerprint density at radius 3 is 2.58 bits per heavy atom. The van der Waals surface area contributed by atoms with Crippen LogP contribution in [0.1, 0.15) is 36.3 Å². The highest BCUT2D eigenvalue weighted by molar-refractivity contribution is 6.31. The van der Waals surface area contributed by atoms with E-state index in [9.17, 15) is 0 Å². The summed E-state index contributed by atoms with van der Waals surface area (Å²) in [7, 11) is 0. The van der Waals surface area contributed by atoms with Crippen molar-refractivity contribution in [2.45, 2.75) is 31.7 Å². The maximum absolute atomic E-state index is 6.08. The molecule has 0 radical (unpaired) electrons. The molecule has 1 aliphatic carbocycles. The van der Waals surface area contributed by atoms with Crippen LogP contribution in [0.4, 0.5) is 5.69 Å². The molecule has 0 bridgehead atoms. The van der Waals surface area contributed by atoms with Crippen LogP contribution in [0.3, 0.4) is 0 Å². The molecule has 2 aromatic rings. The molecule has 0 spiro atoms. The maximum atomic E-state index is 6.08. The zero-order chi connectivity index (χ0) is 13.1. The van der Waals surface area contributed by atoms with Crippen molar-refractivity contribution in [3.8, 4) is 0 Å².